The molecule has 2 atom stereocenters. The molecule has 1 aromatic heterocycles. The van der Waals surface area contributed by atoms with Gasteiger partial charge in [0.25, 0.3) is 0 Å². The fraction of sp³-hybridized carbons (Fsp3) is 0.778. The van der Waals surface area contributed by atoms with Gasteiger partial charge in [0.1, 0.15) is 0 Å². The van der Waals surface area contributed by atoms with Gasteiger partial charge >= 0.3 is 0 Å². The summed E-state index contributed by atoms with van der Waals surface area (Å²) in [6, 6.07) is -0.165. The van der Waals surface area contributed by atoms with Gasteiger partial charge in [0, 0.05) is 13.7 Å². The highest BCUT2D eigenvalue weighted by Crippen LogP contribution is 2.14. The maximum atomic E-state index is 6.00. The van der Waals surface area contributed by atoms with E-state index in [1.54, 1.807) is 13.3 Å². The Morgan fingerprint density at radius 3 is 2.93 bits per heavy atom. The van der Waals surface area contributed by atoms with Gasteiger partial charge in [-0.05, 0) is 13.3 Å². The molecule has 0 bridgehead atoms. The topological polar surface area (TPSA) is 66.0 Å². The molecule has 14 heavy (non-hydrogen) atoms. The van der Waals surface area contributed by atoms with Crippen LogP contribution in [0.25, 0.3) is 0 Å². The second kappa shape index (κ2) is 5.07. The van der Waals surface area contributed by atoms with Gasteiger partial charge in [-0.2, -0.15) is 0 Å². The number of hydrogen-bond donors (Lipinski definition) is 1. The molecule has 5 heteroatoms. The van der Waals surface area contributed by atoms with Gasteiger partial charge in [0.2, 0.25) is 0 Å². The zero-order valence-corrected chi connectivity index (χ0v) is 8.97. The average Bonchev–Trinajstić information content (AvgIpc) is 2.64. The minimum atomic E-state index is -0.165. The molecule has 0 aromatic carbocycles. The molecule has 0 amide bonds. The SMILES string of the molecule is CCCn1nncc1C(N)C(C)OC. The highest BCUT2D eigenvalue weighted by molar-refractivity contribution is 5.03. The molecular weight excluding hydrogens is 180 g/mol. The summed E-state index contributed by atoms with van der Waals surface area (Å²) in [6.45, 7) is 4.88. The molecule has 0 radical (unpaired) electrons. The molecule has 5 nitrogen and oxygen atoms in total. The number of aryl methyl sites for hydroxylation is 1. The lowest BCUT2D eigenvalue weighted by atomic mass is 10.1. The number of rotatable bonds is 5. The predicted molar refractivity (Wildman–Crippen MR) is 53.7 cm³/mol. The molecule has 0 aliphatic carbocycles. The van der Waals surface area contributed by atoms with Crippen molar-refractivity contribution in [2.75, 3.05) is 7.11 Å². The number of methoxy groups -OCH3 is 1. The molecule has 0 saturated carbocycles. The minimum absolute atomic E-state index is 0.0240. The monoisotopic (exact) mass is 198 g/mol. The van der Waals surface area contributed by atoms with Crippen LogP contribution in [0.3, 0.4) is 0 Å². The number of nitrogens with two attached hydrogens (primary N) is 1. The first-order chi connectivity index (χ1) is 6.70. The first-order valence-electron chi connectivity index (χ1n) is 4.87. The van der Waals surface area contributed by atoms with Crippen LogP contribution in [0.1, 0.15) is 32.0 Å². The van der Waals surface area contributed by atoms with Gasteiger partial charge < -0.3 is 10.5 Å². The highest BCUT2D eigenvalue weighted by atomic mass is 16.5. The summed E-state index contributed by atoms with van der Waals surface area (Å²) in [6.07, 6.45) is 2.70. The Morgan fingerprint density at radius 1 is 1.64 bits per heavy atom. The van der Waals surface area contributed by atoms with Crippen LogP contribution in [0.4, 0.5) is 0 Å². The van der Waals surface area contributed by atoms with E-state index in [1.807, 2.05) is 11.6 Å². The zero-order chi connectivity index (χ0) is 10.6. The van der Waals surface area contributed by atoms with Crippen molar-refractivity contribution in [1.29, 1.82) is 0 Å². The van der Waals surface area contributed by atoms with Crippen LogP contribution in [0, 0.1) is 0 Å². The molecule has 1 rings (SSSR count). The first-order valence-corrected chi connectivity index (χ1v) is 4.87. The highest BCUT2D eigenvalue weighted by Gasteiger charge is 2.18. The summed E-state index contributed by atoms with van der Waals surface area (Å²) < 4.78 is 7.01. The Labute approximate surface area is 84.2 Å². The molecule has 0 aliphatic heterocycles. The van der Waals surface area contributed by atoms with Crippen molar-refractivity contribution in [3.05, 3.63) is 11.9 Å². The number of ether oxygens (including phenoxy) is 1. The van der Waals surface area contributed by atoms with Crippen LogP contribution < -0.4 is 5.73 Å². The standard InChI is InChI=1S/C9H18N4O/c1-4-5-13-8(6-11-12-13)9(10)7(2)14-3/h6-7,9H,4-5,10H2,1-3H3. The summed E-state index contributed by atoms with van der Waals surface area (Å²) in [5, 5.41) is 7.83. The van der Waals surface area contributed by atoms with Crippen molar-refractivity contribution in [2.24, 2.45) is 5.73 Å². The lowest BCUT2D eigenvalue weighted by Gasteiger charge is -2.18. The van der Waals surface area contributed by atoms with E-state index in [4.69, 9.17) is 10.5 Å². The largest absolute Gasteiger partial charge is 0.380 e. The third kappa shape index (κ3) is 2.30. The van der Waals surface area contributed by atoms with E-state index >= 15 is 0 Å². The van der Waals surface area contributed by atoms with Crippen molar-refractivity contribution >= 4 is 0 Å². The van der Waals surface area contributed by atoms with Crippen molar-refractivity contribution in [3.8, 4) is 0 Å². The Bertz CT molecular complexity index is 274. The molecular formula is C9H18N4O. The lowest BCUT2D eigenvalue weighted by molar-refractivity contribution is 0.0929. The summed E-state index contributed by atoms with van der Waals surface area (Å²) in [5.41, 5.74) is 6.93. The zero-order valence-electron chi connectivity index (χ0n) is 8.97. The van der Waals surface area contributed by atoms with E-state index in [2.05, 4.69) is 17.2 Å². The first kappa shape index (κ1) is 11.1. The maximum Gasteiger partial charge on any atom is 0.0780 e. The van der Waals surface area contributed by atoms with Crippen molar-refractivity contribution in [3.63, 3.8) is 0 Å². The van der Waals surface area contributed by atoms with Crippen LogP contribution in [0.15, 0.2) is 6.20 Å². The third-order valence-corrected chi connectivity index (χ3v) is 2.30. The van der Waals surface area contributed by atoms with Gasteiger partial charge in [-0.1, -0.05) is 12.1 Å². The average molecular weight is 198 g/mol. The van der Waals surface area contributed by atoms with Crippen molar-refractivity contribution in [2.45, 2.75) is 39.0 Å². The molecule has 0 spiro atoms. The fourth-order valence-electron chi connectivity index (χ4n) is 1.30. The molecule has 0 saturated heterocycles. The van der Waals surface area contributed by atoms with Crippen molar-refractivity contribution in [1.82, 2.24) is 15.0 Å². The Kier molecular flexibility index (Phi) is 4.03. The molecule has 80 valence electrons. The van der Waals surface area contributed by atoms with Gasteiger partial charge in [-0.15, -0.1) is 5.10 Å². The van der Waals surface area contributed by atoms with Gasteiger partial charge in [-0.25, -0.2) is 4.68 Å². The Morgan fingerprint density at radius 2 is 2.36 bits per heavy atom. The van der Waals surface area contributed by atoms with E-state index in [1.165, 1.54) is 0 Å². The van der Waals surface area contributed by atoms with Gasteiger partial charge in [0.15, 0.2) is 0 Å². The van der Waals surface area contributed by atoms with E-state index in [-0.39, 0.29) is 12.1 Å². The molecule has 0 fully saturated rings. The molecule has 2 N–H and O–H groups in total. The minimum Gasteiger partial charge on any atom is -0.380 e. The van der Waals surface area contributed by atoms with Gasteiger partial charge in [0.05, 0.1) is 24.0 Å². The number of aromatic nitrogens is 3. The van der Waals surface area contributed by atoms with Gasteiger partial charge in [-0.3, -0.25) is 0 Å². The second-order valence-electron chi connectivity index (χ2n) is 3.35. The third-order valence-electron chi connectivity index (χ3n) is 2.30. The second-order valence-corrected chi connectivity index (χ2v) is 3.35. The lowest BCUT2D eigenvalue weighted by Crippen LogP contribution is -2.27. The summed E-state index contributed by atoms with van der Waals surface area (Å²) in [5.74, 6) is 0. The summed E-state index contributed by atoms with van der Waals surface area (Å²) >= 11 is 0. The predicted octanol–water partition coefficient (Wildman–Crippen LogP) is 0.723. The quantitative estimate of drug-likeness (QED) is 0.757. The van der Waals surface area contributed by atoms with E-state index < -0.39 is 0 Å². The van der Waals surface area contributed by atoms with Crippen LogP contribution in [-0.2, 0) is 11.3 Å². The smallest absolute Gasteiger partial charge is 0.0780 e. The van der Waals surface area contributed by atoms with Crippen LogP contribution in [-0.4, -0.2) is 28.2 Å². The van der Waals surface area contributed by atoms with Crippen LogP contribution >= 0.6 is 0 Å². The summed E-state index contributed by atoms with van der Waals surface area (Å²) in [4.78, 5) is 0. The molecule has 0 aliphatic rings. The van der Waals surface area contributed by atoms with Crippen LogP contribution in [0.2, 0.25) is 0 Å². The maximum absolute atomic E-state index is 6.00. The molecule has 2 unspecified atom stereocenters. The van der Waals surface area contributed by atoms with E-state index in [9.17, 15) is 0 Å². The Balaban J connectivity index is 2.77. The number of nitrogens with zero attached hydrogens (tertiary/aromatic N) is 3. The summed E-state index contributed by atoms with van der Waals surface area (Å²) in [7, 11) is 1.65. The van der Waals surface area contributed by atoms with Crippen molar-refractivity contribution < 1.29 is 4.74 Å². The molecule has 1 aromatic rings. The number of hydrogen-bond acceptors (Lipinski definition) is 4. The Hall–Kier alpha value is -0.940. The van der Waals surface area contributed by atoms with Crippen LogP contribution in [0.5, 0.6) is 0 Å². The molecule has 1 heterocycles. The van der Waals surface area contributed by atoms with E-state index in [0.717, 1.165) is 18.7 Å². The normalized spacial score (nSPS) is 15.4. The van der Waals surface area contributed by atoms with E-state index in [0.29, 0.717) is 0 Å². The fourth-order valence-corrected chi connectivity index (χ4v) is 1.30.